The van der Waals surface area contributed by atoms with Gasteiger partial charge < -0.3 is 14.6 Å². The monoisotopic (exact) mass is 312 g/mol. The van der Waals surface area contributed by atoms with E-state index in [0.29, 0.717) is 24.5 Å². The molecule has 1 fully saturated rings. The fourth-order valence-corrected chi connectivity index (χ4v) is 4.68. The number of rotatable bonds is 2. The molecule has 0 radical (unpaired) electrons. The number of piperidine rings is 1. The number of fused-ring (bicyclic) bond motifs is 2. The van der Waals surface area contributed by atoms with Crippen LogP contribution in [0.4, 0.5) is 0 Å². The predicted molar refractivity (Wildman–Crippen MR) is 90.9 cm³/mol. The lowest BCUT2D eigenvalue weighted by molar-refractivity contribution is -0.144. The van der Waals surface area contributed by atoms with E-state index >= 15 is 0 Å². The van der Waals surface area contributed by atoms with Gasteiger partial charge in [0.05, 0.1) is 5.92 Å². The molecule has 4 rings (SSSR count). The Morgan fingerprint density at radius 3 is 2.83 bits per heavy atom. The zero-order valence-electron chi connectivity index (χ0n) is 14.0. The van der Waals surface area contributed by atoms with E-state index in [-0.39, 0.29) is 5.92 Å². The van der Waals surface area contributed by atoms with Gasteiger partial charge in [-0.05, 0) is 50.9 Å². The molecule has 0 amide bonds. The van der Waals surface area contributed by atoms with Gasteiger partial charge in [0.2, 0.25) is 0 Å². The lowest BCUT2D eigenvalue weighted by atomic mass is 9.72. The summed E-state index contributed by atoms with van der Waals surface area (Å²) in [5.41, 5.74) is 4.07. The summed E-state index contributed by atoms with van der Waals surface area (Å²) in [6.45, 7) is 5.09. The van der Waals surface area contributed by atoms with E-state index in [1.807, 2.05) is 0 Å². The average molecular weight is 312 g/mol. The quantitative estimate of drug-likeness (QED) is 0.926. The molecule has 23 heavy (non-hydrogen) atoms. The minimum absolute atomic E-state index is 0.259. The Morgan fingerprint density at radius 2 is 2.13 bits per heavy atom. The number of hydrogen-bond acceptors (Lipinski definition) is 2. The molecule has 0 spiro atoms. The van der Waals surface area contributed by atoms with Crippen molar-refractivity contribution in [2.24, 2.45) is 5.92 Å². The highest BCUT2D eigenvalue weighted by Gasteiger charge is 2.41. The number of carboxylic acid groups (broad SMARTS) is 1. The first-order valence-electron chi connectivity index (χ1n) is 8.52. The van der Waals surface area contributed by atoms with Gasteiger partial charge in [0.25, 0.3) is 0 Å². The number of likely N-dealkylation sites (N-methyl/N-ethyl adjacent to an activating group) is 1. The molecule has 1 saturated heterocycles. The molecule has 4 heteroatoms. The van der Waals surface area contributed by atoms with Crippen LogP contribution in [0.2, 0.25) is 0 Å². The zero-order valence-corrected chi connectivity index (χ0v) is 14.0. The Hall–Kier alpha value is -1.81. The number of benzene rings is 1. The first kappa shape index (κ1) is 14.8. The summed E-state index contributed by atoms with van der Waals surface area (Å²) in [7, 11) is 2.08. The van der Waals surface area contributed by atoms with E-state index in [9.17, 15) is 9.90 Å². The van der Waals surface area contributed by atoms with Crippen molar-refractivity contribution in [3.63, 3.8) is 0 Å². The van der Waals surface area contributed by atoms with Gasteiger partial charge in [-0.1, -0.05) is 12.1 Å². The van der Waals surface area contributed by atoms with Crippen LogP contribution in [0.1, 0.15) is 43.4 Å². The van der Waals surface area contributed by atoms with Gasteiger partial charge >= 0.3 is 5.97 Å². The average Bonchev–Trinajstić information content (AvgIpc) is 2.88. The summed E-state index contributed by atoms with van der Waals surface area (Å²) in [4.78, 5) is 13.8. The molecule has 4 nitrogen and oxygen atoms in total. The molecular formula is C19H24N2O2. The predicted octanol–water partition coefficient (Wildman–Crippen LogP) is 3.27. The van der Waals surface area contributed by atoms with Gasteiger partial charge in [0, 0.05) is 41.6 Å². The fourth-order valence-electron chi connectivity index (χ4n) is 4.68. The molecule has 2 heterocycles. The molecule has 0 saturated carbocycles. The Labute approximate surface area is 136 Å². The third-order valence-electron chi connectivity index (χ3n) is 5.78. The minimum atomic E-state index is -0.659. The second-order valence-corrected chi connectivity index (χ2v) is 7.49. The van der Waals surface area contributed by atoms with Crippen LogP contribution in [0.25, 0.3) is 10.9 Å². The number of nitrogens with zero attached hydrogens (tertiary/aromatic N) is 2. The van der Waals surface area contributed by atoms with Crippen molar-refractivity contribution in [3.8, 4) is 0 Å². The standard InChI is InChI=1S/C19H24N2O2/c1-11(2)21-10-12-8-17-15(7-13(19(22)23)9-20(17)3)14-5-4-6-16(21)18(12)14/h4-6,10-11,13,15,17H,7-9H2,1-3H3,(H,22,23)/t13?,15?,17-/m1/s1. The molecule has 3 atom stereocenters. The number of aromatic nitrogens is 1. The fraction of sp³-hybridized carbons (Fsp3) is 0.526. The maximum Gasteiger partial charge on any atom is 0.307 e. The van der Waals surface area contributed by atoms with Crippen LogP contribution in [-0.2, 0) is 11.2 Å². The number of hydrogen-bond donors (Lipinski definition) is 1. The normalized spacial score (nSPS) is 27.4. The summed E-state index contributed by atoms with van der Waals surface area (Å²) >= 11 is 0. The second kappa shape index (κ2) is 5.10. The zero-order chi connectivity index (χ0) is 16.3. The molecule has 0 bridgehead atoms. The lowest BCUT2D eigenvalue weighted by Crippen LogP contribution is -2.49. The lowest BCUT2D eigenvalue weighted by Gasteiger charge is -2.44. The number of carboxylic acids is 1. The van der Waals surface area contributed by atoms with Gasteiger partial charge in [-0.15, -0.1) is 0 Å². The molecule has 2 aliphatic rings. The Bertz CT molecular complexity index is 777. The maximum absolute atomic E-state index is 11.5. The molecule has 1 aromatic carbocycles. The van der Waals surface area contributed by atoms with Crippen molar-refractivity contribution >= 4 is 16.9 Å². The van der Waals surface area contributed by atoms with Crippen molar-refractivity contribution in [1.82, 2.24) is 9.47 Å². The van der Waals surface area contributed by atoms with Gasteiger partial charge in [0.15, 0.2) is 0 Å². The van der Waals surface area contributed by atoms with E-state index in [1.165, 1.54) is 22.0 Å². The third kappa shape index (κ3) is 2.12. The van der Waals surface area contributed by atoms with Crippen molar-refractivity contribution in [2.45, 2.75) is 44.7 Å². The van der Waals surface area contributed by atoms with Crippen LogP contribution < -0.4 is 0 Å². The van der Waals surface area contributed by atoms with Crippen molar-refractivity contribution < 1.29 is 9.90 Å². The summed E-state index contributed by atoms with van der Waals surface area (Å²) < 4.78 is 2.36. The highest BCUT2D eigenvalue weighted by atomic mass is 16.4. The van der Waals surface area contributed by atoms with E-state index in [2.05, 4.69) is 54.8 Å². The summed E-state index contributed by atoms with van der Waals surface area (Å²) in [5.74, 6) is -0.590. The van der Waals surface area contributed by atoms with Crippen LogP contribution in [-0.4, -0.2) is 40.2 Å². The van der Waals surface area contributed by atoms with Gasteiger partial charge in [-0.3, -0.25) is 4.79 Å². The highest BCUT2D eigenvalue weighted by molar-refractivity contribution is 5.89. The SMILES string of the molecule is CC(C)n1cc2c3c(cccc31)C1CC(C(=O)O)CN(C)[C@@H]1C2. The number of carbonyl (C=O) groups is 1. The highest BCUT2D eigenvalue weighted by Crippen LogP contribution is 2.45. The summed E-state index contributed by atoms with van der Waals surface area (Å²) in [6, 6.07) is 7.40. The third-order valence-corrected chi connectivity index (χ3v) is 5.78. The topological polar surface area (TPSA) is 45.5 Å². The van der Waals surface area contributed by atoms with Gasteiger partial charge in [-0.25, -0.2) is 0 Å². The molecule has 122 valence electrons. The van der Waals surface area contributed by atoms with Crippen LogP contribution in [0.15, 0.2) is 24.4 Å². The summed E-state index contributed by atoms with van der Waals surface area (Å²) in [6.07, 6.45) is 4.10. The first-order valence-corrected chi connectivity index (χ1v) is 8.52. The molecular weight excluding hydrogens is 288 g/mol. The van der Waals surface area contributed by atoms with E-state index in [0.717, 1.165) is 12.8 Å². The summed E-state index contributed by atoms with van der Waals surface area (Å²) in [5, 5.41) is 10.9. The smallest absolute Gasteiger partial charge is 0.307 e. The Balaban J connectivity index is 1.87. The van der Waals surface area contributed by atoms with Gasteiger partial charge in [-0.2, -0.15) is 0 Å². The minimum Gasteiger partial charge on any atom is -0.481 e. The van der Waals surface area contributed by atoms with E-state index < -0.39 is 5.97 Å². The van der Waals surface area contributed by atoms with Crippen LogP contribution in [0.5, 0.6) is 0 Å². The largest absolute Gasteiger partial charge is 0.481 e. The molecule has 2 unspecified atom stereocenters. The number of likely N-dealkylation sites (tertiary alicyclic amines) is 1. The molecule has 2 aromatic rings. The van der Waals surface area contributed by atoms with Crippen molar-refractivity contribution in [3.05, 3.63) is 35.5 Å². The van der Waals surface area contributed by atoms with Crippen LogP contribution in [0.3, 0.4) is 0 Å². The van der Waals surface area contributed by atoms with E-state index in [1.54, 1.807) is 0 Å². The maximum atomic E-state index is 11.5. The van der Waals surface area contributed by atoms with Gasteiger partial charge in [0.1, 0.15) is 0 Å². The number of aliphatic carboxylic acids is 1. The van der Waals surface area contributed by atoms with Crippen LogP contribution >= 0.6 is 0 Å². The molecule has 1 aromatic heterocycles. The van der Waals surface area contributed by atoms with Crippen molar-refractivity contribution in [2.75, 3.05) is 13.6 Å². The molecule has 1 aliphatic heterocycles. The second-order valence-electron chi connectivity index (χ2n) is 7.49. The Morgan fingerprint density at radius 1 is 1.35 bits per heavy atom. The van der Waals surface area contributed by atoms with Crippen molar-refractivity contribution in [1.29, 1.82) is 0 Å². The van der Waals surface area contributed by atoms with E-state index in [4.69, 9.17) is 0 Å². The molecule has 1 aliphatic carbocycles. The Kier molecular flexibility index (Phi) is 3.27. The first-order chi connectivity index (χ1) is 11.0. The molecule has 1 N–H and O–H groups in total. The van der Waals surface area contributed by atoms with Crippen LogP contribution in [0, 0.1) is 5.92 Å².